The van der Waals surface area contributed by atoms with Crippen LogP contribution in [0.15, 0.2) is 35.2 Å². The fraction of sp³-hybridized carbons (Fsp3) is 0.409. The van der Waals surface area contributed by atoms with Gasteiger partial charge in [-0.25, -0.2) is 0 Å². The highest BCUT2D eigenvalue weighted by molar-refractivity contribution is 7.11. The van der Waals surface area contributed by atoms with Gasteiger partial charge >= 0.3 is 5.97 Å². The van der Waals surface area contributed by atoms with E-state index in [-0.39, 0.29) is 24.8 Å². The van der Waals surface area contributed by atoms with Gasteiger partial charge in [-0.3, -0.25) is 4.79 Å². The molecular weight excluding hydrogens is 394 g/mol. The van der Waals surface area contributed by atoms with Crippen molar-refractivity contribution in [3.8, 4) is 5.75 Å². The maximum Gasteiger partial charge on any atom is 0.309 e. The predicted octanol–water partition coefficient (Wildman–Crippen LogP) is 4.70. The minimum absolute atomic E-state index is 0. The third kappa shape index (κ3) is 4.12. The Morgan fingerprint density at radius 3 is 2.75 bits per heavy atom. The van der Waals surface area contributed by atoms with Gasteiger partial charge in [-0.2, -0.15) is 0 Å². The number of halogens is 1. The molecule has 1 fully saturated rings. The van der Waals surface area contributed by atoms with Crippen molar-refractivity contribution in [1.29, 1.82) is 0 Å². The van der Waals surface area contributed by atoms with Gasteiger partial charge in [-0.1, -0.05) is 18.6 Å². The number of esters is 1. The molecule has 150 valence electrons. The van der Waals surface area contributed by atoms with E-state index >= 15 is 0 Å². The van der Waals surface area contributed by atoms with Crippen LogP contribution in [0.3, 0.4) is 0 Å². The minimum atomic E-state index is -0.216. The third-order valence-corrected chi connectivity index (χ3v) is 6.48. The van der Waals surface area contributed by atoms with Crippen molar-refractivity contribution < 1.29 is 14.3 Å². The first kappa shape index (κ1) is 20.9. The number of hydrogen-bond donors (Lipinski definition) is 0. The lowest BCUT2D eigenvalue weighted by molar-refractivity contribution is -0.139. The molecule has 2 aliphatic heterocycles. The number of thiophene rings is 1. The molecule has 1 saturated heterocycles. The van der Waals surface area contributed by atoms with E-state index in [1.165, 1.54) is 28.7 Å². The molecule has 6 heteroatoms. The van der Waals surface area contributed by atoms with Crippen molar-refractivity contribution in [3.63, 3.8) is 0 Å². The van der Waals surface area contributed by atoms with Crippen LogP contribution in [-0.4, -0.2) is 37.6 Å². The van der Waals surface area contributed by atoms with Crippen molar-refractivity contribution >= 4 is 35.3 Å². The quantitative estimate of drug-likeness (QED) is 0.676. The summed E-state index contributed by atoms with van der Waals surface area (Å²) >= 11 is 1.79. The lowest BCUT2D eigenvalue weighted by Gasteiger charge is -2.29. The number of benzene rings is 1. The number of carbonyl (C=O) groups excluding carboxylic acids is 1. The van der Waals surface area contributed by atoms with Crippen LogP contribution in [0.25, 0.3) is 5.57 Å². The summed E-state index contributed by atoms with van der Waals surface area (Å²) in [4.78, 5) is 15.6. The van der Waals surface area contributed by atoms with Crippen molar-refractivity contribution in [2.45, 2.75) is 32.8 Å². The van der Waals surface area contributed by atoms with Gasteiger partial charge in [0.2, 0.25) is 0 Å². The van der Waals surface area contributed by atoms with Crippen LogP contribution >= 0.6 is 23.7 Å². The van der Waals surface area contributed by atoms with Gasteiger partial charge in [-0.05, 0) is 48.5 Å². The zero-order valence-corrected chi connectivity index (χ0v) is 18.0. The minimum Gasteiger partial charge on any atom is -0.488 e. The Kier molecular flexibility index (Phi) is 6.81. The first-order valence-corrected chi connectivity index (χ1v) is 10.4. The number of nitrogens with zero attached hydrogens (tertiary/aromatic N) is 1. The van der Waals surface area contributed by atoms with E-state index in [1.807, 2.05) is 12.1 Å². The molecule has 4 nitrogen and oxygen atoms in total. The summed E-state index contributed by atoms with van der Waals surface area (Å²) in [7, 11) is 1.43. The molecule has 28 heavy (non-hydrogen) atoms. The number of hydrogen-bond acceptors (Lipinski definition) is 5. The van der Waals surface area contributed by atoms with Gasteiger partial charge in [0.05, 0.1) is 13.5 Å². The second-order valence-corrected chi connectivity index (χ2v) is 7.98. The normalized spacial score (nSPS) is 16.4. The van der Waals surface area contributed by atoms with Gasteiger partial charge in [0.15, 0.2) is 0 Å². The zero-order valence-electron chi connectivity index (χ0n) is 16.3. The Balaban J connectivity index is 0.00000225. The van der Waals surface area contributed by atoms with Crippen LogP contribution in [0.5, 0.6) is 5.75 Å². The molecule has 0 aliphatic carbocycles. The average Bonchev–Trinajstić information content (AvgIpc) is 3.10. The zero-order chi connectivity index (χ0) is 18.8. The van der Waals surface area contributed by atoms with Crippen LogP contribution in [0.2, 0.25) is 0 Å². The fourth-order valence-corrected chi connectivity index (χ4v) is 4.95. The fourth-order valence-electron chi connectivity index (χ4n) is 3.93. The van der Waals surface area contributed by atoms with E-state index in [4.69, 9.17) is 9.47 Å². The highest BCUT2D eigenvalue weighted by Crippen LogP contribution is 2.43. The van der Waals surface area contributed by atoms with Gasteiger partial charge in [0.1, 0.15) is 12.4 Å². The van der Waals surface area contributed by atoms with Gasteiger partial charge in [-0.15, -0.1) is 23.7 Å². The SMILES string of the molecule is CCN1CCC(=C2c3cc(CC(=O)OC)ccc3OCc3ccsc32)CC1.Cl. The van der Waals surface area contributed by atoms with Crippen LogP contribution in [-0.2, 0) is 22.6 Å². The molecule has 0 radical (unpaired) electrons. The molecule has 0 bridgehead atoms. The second-order valence-electron chi connectivity index (χ2n) is 7.06. The molecular formula is C22H26ClNO3S. The molecule has 0 spiro atoms. The number of ether oxygens (including phenoxy) is 2. The number of fused-ring (bicyclic) bond motifs is 2. The molecule has 0 amide bonds. The largest absolute Gasteiger partial charge is 0.488 e. The monoisotopic (exact) mass is 419 g/mol. The van der Waals surface area contributed by atoms with E-state index < -0.39 is 0 Å². The van der Waals surface area contributed by atoms with Gasteiger partial charge in [0, 0.05) is 34.7 Å². The standard InChI is InChI=1S/C22H25NO3S.ClH/c1-3-23-9-6-16(7-10-23)21-18-12-15(13-20(24)25-2)4-5-19(18)26-14-17-8-11-27-22(17)21;/h4-5,8,11-12H,3,6-7,9-10,13-14H2,1-2H3;1H. The number of rotatable bonds is 3. The van der Waals surface area contributed by atoms with E-state index in [0.717, 1.165) is 49.4 Å². The summed E-state index contributed by atoms with van der Waals surface area (Å²) in [5.74, 6) is 0.694. The maximum absolute atomic E-state index is 11.8. The Labute approximate surface area is 176 Å². The topological polar surface area (TPSA) is 38.8 Å². The molecule has 0 atom stereocenters. The molecule has 2 aliphatic rings. The molecule has 2 aromatic rings. The van der Waals surface area contributed by atoms with E-state index in [1.54, 1.807) is 11.3 Å². The Morgan fingerprint density at radius 2 is 2.04 bits per heavy atom. The van der Waals surface area contributed by atoms with Crippen molar-refractivity contribution in [3.05, 3.63) is 56.8 Å². The Morgan fingerprint density at radius 1 is 1.25 bits per heavy atom. The van der Waals surface area contributed by atoms with Crippen molar-refractivity contribution in [1.82, 2.24) is 4.90 Å². The highest BCUT2D eigenvalue weighted by Gasteiger charge is 2.26. The summed E-state index contributed by atoms with van der Waals surface area (Å²) in [5, 5.41) is 2.15. The smallest absolute Gasteiger partial charge is 0.309 e. The van der Waals surface area contributed by atoms with Crippen LogP contribution in [0.4, 0.5) is 0 Å². The number of methoxy groups -OCH3 is 1. The summed E-state index contributed by atoms with van der Waals surface area (Å²) in [5.41, 5.74) is 6.18. The Bertz CT molecular complexity index is 880. The van der Waals surface area contributed by atoms with Gasteiger partial charge < -0.3 is 14.4 Å². The second kappa shape index (κ2) is 9.12. The molecule has 0 unspecified atom stereocenters. The molecule has 1 aromatic heterocycles. The van der Waals surface area contributed by atoms with Crippen molar-refractivity contribution in [2.75, 3.05) is 26.7 Å². The molecule has 1 aromatic carbocycles. The lowest BCUT2D eigenvalue weighted by Crippen LogP contribution is -2.30. The highest BCUT2D eigenvalue weighted by atomic mass is 35.5. The Hall–Kier alpha value is -1.82. The van der Waals surface area contributed by atoms with Gasteiger partial charge in [0.25, 0.3) is 0 Å². The molecule has 0 N–H and O–H groups in total. The summed E-state index contributed by atoms with van der Waals surface area (Å²) < 4.78 is 11.0. The maximum atomic E-state index is 11.8. The first-order valence-electron chi connectivity index (χ1n) is 9.53. The first-order chi connectivity index (χ1) is 13.2. The summed E-state index contributed by atoms with van der Waals surface area (Å²) in [6, 6.07) is 8.27. The number of likely N-dealkylation sites (tertiary alicyclic amines) is 1. The van der Waals surface area contributed by atoms with Crippen LogP contribution in [0, 0.1) is 0 Å². The van der Waals surface area contributed by atoms with Crippen LogP contribution < -0.4 is 4.74 Å². The lowest BCUT2D eigenvalue weighted by atomic mass is 9.90. The van der Waals surface area contributed by atoms with E-state index in [9.17, 15) is 4.79 Å². The number of piperidine rings is 1. The molecule has 0 saturated carbocycles. The summed E-state index contributed by atoms with van der Waals surface area (Å²) in [6.07, 6.45) is 2.45. The third-order valence-electron chi connectivity index (χ3n) is 5.51. The van der Waals surface area contributed by atoms with E-state index in [2.05, 4.69) is 29.3 Å². The van der Waals surface area contributed by atoms with Crippen molar-refractivity contribution in [2.24, 2.45) is 0 Å². The average molecular weight is 420 g/mol. The predicted molar refractivity (Wildman–Crippen MR) is 115 cm³/mol. The number of carbonyl (C=O) groups is 1. The van der Waals surface area contributed by atoms with Crippen LogP contribution in [0.1, 0.15) is 41.3 Å². The van der Waals surface area contributed by atoms with E-state index in [0.29, 0.717) is 6.61 Å². The molecule has 4 rings (SSSR count). The molecule has 3 heterocycles. The summed E-state index contributed by atoms with van der Waals surface area (Å²) in [6.45, 7) is 6.14.